The minimum atomic E-state index is 0.926. The van der Waals surface area contributed by atoms with Crippen LogP contribution in [0, 0.1) is 0 Å². The molecule has 0 aromatic carbocycles. The van der Waals surface area contributed by atoms with Crippen LogP contribution in [-0.4, -0.2) is 30.7 Å². The quantitative estimate of drug-likeness (QED) is 0.438. The minimum Gasteiger partial charge on any atom is -0.310 e. The van der Waals surface area contributed by atoms with E-state index in [2.05, 4.69) is 54.0 Å². The summed E-state index contributed by atoms with van der Waals surface area (Å²) in [5.41, 5.74) is 4.81. The molecule has 0 rings (SSSR count). The van der Waals surface area contributed by atoms with Crippen molar-refractivity contribution in [1.29, 1.82) is 0 Å². The van der Waals surface area contributed by atoms with Crippen LogP contribution in [0.25, 0.3) is 0 Å². The highest BCUT2D eigenvalue weighted by atomic mass is 15.3. The van der Waals surface area contributed by atoms with Gasteiger partial charge in [0.05, 0.1) is 0 Å². The Morgan fingerprint density at radius 1 is 0.588 bits per heavy atom. The highest BCUT2D eigenvalue weighted by molar-refractivity contribution is 4.99. The molecule has 0 amide bonds. The molecule has 0 atom stereocenters. The van der Waals surface area contributed by atoms with Gasteiger partial charge in [-0.15, -0.1) is 0 Å². The molecule has 0 spiro atoms. The zero-order chi connectivity index (χ0) is 13.6. The van der Waals surface area contributed by atoms with Crippen molar-refractivity contribution in [1.82, 2.24) is 0 Å². The van der Waals surface area contributed by atoms with Crippen LogP contribution in [0.4, 0.5) is 0 Å². The largest absolute Gasteiger partial charge is 0.310 e. The molecular formula is C16H28N+. The van der Waals surface area contributed by atoms with E-state index in [1.165, 1.54) is 22.3 Å². The molecule has 0 N–H and O–H groups in total. The maximum atomic E-state index is 4.06. The van der Waals surface area contributed by atoms with E-state index in [0.29, 0.717) is 0 Å². The molecule has 0 aliphatic heterocycles. The zero-order valence-electron chi connectivity index (χ0n) is 12.1. The predicted octanol–water partition coefficient (Wildman–Crippen LogP) is 4.11. The third-order valence-corrected chi connectivity index (χ3v) is 2.42. The first-order valence-corrected chi connectivity index (χ1v) is 6.09. The van der Waals surface area contributed by atoms with Crippen molar-refractivity contribution in [2.45, 2.75) is 27.7 Å². The molecule has 96 valence electrons. The summed E-state index contributed by atoms with van der Waals surface area (Å²) in [6.45, 7) is 28.4. The second-order valence-electron chi connectivity index (χ2n) is 5.80. The summed E-state index contributed by atoms with van der Waals surface area (Å²) in [4.78, 5) is 0. The van der Waals surface area contributed by atoms with Crippen LogP contribution in [-0.2, 0) is 0 Å². The fourth-order valence-electron chi connectivity index (χ4n) is 2.63. The van der Waals surface area contributed by atoms with Gasteiger partial charge in [-0.25, -0.2) is 0 Å². The van der Waals surface area contributed by atoms with Gasteiger partial charge in [0.2, 0.25) is 0 Å². The fraction of sp³-hybridized carbons (Fsp3) is 0.500. The standard InChI is InChI=1S/C16H28N/c1-13(2)9-17(10-14(3)4,11-15(5)6)12-16(7)8/h1,3,5,7,9-12H2,2,4,6,8H3/q+1. The van der Waals surface area contributed by atoms with E-state index >= 15 is 0 Å². The molecular weight excluding hydrogens is 206 g/mol. The topological polar surface area (TPSA) is 0 Å². The van der Waals surface area contributed by atoms with Crippen molar-refractivity contribution in [3.8, 4) is 0 Å². The van der Waals surface area contributed by atoms with Gasteiger partial charge in [0, 0.05) is 0 Å². The summed E-state index contributed by atoms with van der Waals surface area (Å²) in [6, 6.07) is 0. The lowest BCUT2D eigenvalue weighted by Gasteiger charge is -2.39. The van der Waals surface area contributed by atoms with Gasteiger partial charge < -0.3 is 4.48 Å². The number of rotatable bonds is 8. The monoisotopic (exact) mass is 234 g/mol. The van der Waals surface area contributed by atoms with Crippen molar-refractivity contribution in [2.24, 2.45) is 0 Å². The van der Waals surface area contributed by atoms with Crippen LogP contribution < -0.4 is 0 Å². The number of hydrogen-bond donors (Lipinski definition) is 0. The van der Waals surface area contributed by atoms with Crippen molar-refractivity contribution in [2.75, 3.05) is 26.2 Å². The molecule has 0 fully saturated rings. The zero-order valence-corrected chi connectivity index (χ0v) is 12.1. The van der Waals surface area contributed by atoms with E-state index in [1.807, 2.05) is 0 Å². The molecule has 17 heavy (non-hydrogen) atoms. The molecule has 0 unspecified atom stereocenters. The van der Waals surface area contributed by atoms with Gasteiger partial charge in [-0.1, -0.05) is 26.3 Å². The maximum absolute atomic E-state index is 4.06. The smallest absolute Gasteiger partial charge is 0.101 e. The SMILES string of the molecule is C=C(C)C[N+](CC(=C)C)(CC(=C)C)CC(=C)C. The van der Waals surface area contributed by atoms with Crippen LogP contribution in [0.15, 0.2) is 48.6 Å². The van der Waals surface area contributed by atoms with Gasteiger partial charge in [0.1, 0.15) is 26.2 Å². The lowest BCUT2D eigenvalue weighted by molar-refractivity contribution is -0.910. The summed E-state index contributed by atoms with van der Waals surface area (Å²) >= 11 is 0. The Balaban J connectivity index is 5.16. The Morgan fingerprint density at radius 2 is 0.765 bits per heavy atom. The lowest BCUT2D eigenvalue weighted by atomic mass is 10.1. The van der Waals surface area contributed by atoms with E-state index in [9.17, 15) is 0 Å². The molecule has 0 aromatic rings. The van der Waals surface area contributed by atoms with E-state index in [0.717, 1.165) is 30.7 Å². The van der Waals surface area contributed by atoms with Gasteiger partial charge in [-0.2, -0.15) is 0 Å². The summed E-state index contributed by atoms with van der Waals surface area (Å²) in [5, 5.41) is 0. The lowest BCUT2D eigenvalue weighted by Crippen LogP contribution is -2.51. The van der Waals surface area contributed by atoms with Gasteiger partial charge in [-0.3, -0.25) is 0 Å². The summed E-state index contributed by atoms with van der Waals surface area (Å²) < 4.78 is 0.926. The van der Waals surface area contributed by atoms with Crippen LogP contribution in [0.3, 0.4) is 0 Å². The van der Waals surface area contributed by atoms with Crippen molar-refractivity contribution in [3.63, 3.8) is 0 Å². The Kier molecular flexibility index (Phi) is 6.19. The van der Waals surface area contributed by atoms with Gasteiger partial charge in [0.15, 0.2) is 0 Å². The molecule has 0 aromatic heterocycles. The summed E-state index contributed by atoms with van der Waals surface area (Å²) in [5.74, 6) is 0. The molecule has 1 nitrogen and oxygen atoms in total. The molecule has 0 saturated heterocycles. The Hall–Kier alpha value is -1.08. The molecule has 0 bridgehead atoms. The predicted molar refractivity (Wildman–Crippen MR) is 79.0 cm³/mol. The Bertz CT molecular complexity index is 264. The fourth-order valence-corrected chi connectivity index (χ4v) is 2.63. The van der Waals surface area contributed by atoms with Crippen molar-refractivity contribution < 1.29 is 4.48 Å². The van der Waals surface area contributed by atoms with Crippen LogP contribution in [0.1, 0.15) is 27.7 Å². The van der Waals surface area contributed by atoms with Crippen LogP contribution >= 0.6 is 0 Å². The molecule has 0 heterocycles. The van der Waals surface area contributed by atoms with Crippen molar-refractivity contribution >= 4 is 0 Å². The average molecular weight is 234 g/mol. The summed E-state index contributed by atoms with van der Waals surface area (Å²) in [7, 11) is 0. The molecule has 0 aliphatic rings. The third kappa shape index (κ3) is 6.96. The van der Waals surface area contributed by atoms with Crippen LogP contribution in [0.2, 0.25) is 0 Å². The number of quaternary nitrogens is 1. The van der Waals surface area contributed by atoms with Gasteiger partial charge in [-0.05, 0) is 50.0 Å². The first kappa shape index (κ1) is 15.9. The maximum Gasteiger partial charge on any atom is 0.101 e. The molecule has 1 heteroatoms. The molecule has 0 aliphatic carbocycles. The Labute approximate surface area is 107 Å². The summed E-state index contributed by atoms with van der Waals surface area (Å²) in [6.07, 6.45) is 0. The van der Waals surface area contributed by atoms with Gasteiger partial charge >= 0.3 is 0 Å². The Morgan fingerprint density at radius 3 is 0.882 bits per heavy atom. The van der Waals surface area contributed by atoms with Gasteiger partial charge in [0.25, 0.3) is 0 Å². The highest BCUT2D eigenvalue weighted by Crippen LogP contribution is 2.18. The van der Waals surface area contributed by atoms with E-state index in [-0.39, 0.29) is 0 Å². The normalized spacial score (nSPS) is 11.1. The second kappa shape index (κ2) is 6.61. The van der Waals surface area contributed by atoms with E-state index < -0.39 is 0 Å². The highest BCUT2D eigenvalue weighted by Gasteiger charge is 2.27. The van der Waals surface area contributed by atoms with Crippen LogP contribution in [0.5, 0.6) is 0 Å². The third-order valence-electron chi connectivity index (χ3n) is 2.42. The number of nitrogens with zero attached hydrogens (tertiary/aromatic N) is 1. The van der Waals surface area contributed by atoms with Crippen molar-refractivity contribution in [3.05, 3.63) is 48.6 Å². The van der Waals surface area contributed by atoms with E-state index in [4.69, 9.17) is 0 Å². The number of hydrogen-bond acceptors (Lipinski definition) is 0. The second-order valence-corrected chi connectivity index (χ2v) is 5.80. The first-order chi connectivity index (χ1) is 7.67. The molecule has 0 saturated carbocycles. The molecule has 0 radical (unpaired) electrons. The average Bonchev–Trinajstić information content (AvgIpc) is 1.95. The minimum absolute atomic E-state index is 0.926. The van der Waals surface area contributed by atoms with E-state index in [1.54, 1.807) is 0 Å². The first-order valence-electron chi connectivity index (χ1n) is 6.09.